The van der Waals surface area contributed by atoms with Crippen molar-refractivity contribution in [3.63, 3.8) is 0 Å². The Hall–Kier alpha value is -1.89. The summed E-state index contributed by atoms with van der Waals surface area (Å²) in [5.74, 6) is 0.576. The number of hydrogen-bond donors (Lipinski definition) is 1. The smallest absolute Gasteiger partial charge is 0.210 e. The second-order valence-corrected chi connectivity index (χ2v) is 8.35. The van der Waals surface area contributed by atoms with Gasteiger partial charge in [-0.2, -0.15) is 0 Å². The number of benzene rings is 2. The van der Waals surface area contributed by atoms with Crippen molar-refractivity contribution in [1.29, 1.82) is 0 Å². The van der Waals surface area contributed by atoms with Gasteiger partial charge in [0.15, 0.2) is 16.7 Å². The van der Waals surface area contributed by atoms with Gasteiger partial charge in [-0.3, -0.25) is 4.79 Å². The molecule has 2 aromatic carbocycles. The van der Waals surface area contributed by atoms with Gasteiger partial charge >= 0.3 is 0 Å². The van der Waals surface area contributed by atoms with Gasteiger partial charge in [-0.05, 0) is 43.4 Å². The van der Waals surface area contributed by atoms with Crippen LogP contribution in [0.25, 0.3) is 11.3 Å². The number of hydrogen-bond acceptors (Lipinski definition) is 4. The molecule has 0 bridgehead atoms. The molecule has 1 atom stereocenters. The van der Waals surface area contributed by atoms with Crippen LogP contribution in [0.5, 0.6) is 0 Å². The standard InChI is InChI=1S/C20H20O4S2/c1-20(2)19(21)17(14-8-10-16(25-3)11-9-14)18(24-20)15-6-4-13(5-7-15)12-26(22)23/h4-11H,12H2,1-3H3,(H,22,23). The van der Waals surface area contributed by atoms with Crippen molar-refractivity contribution in [2.45, 2.75) is 30.1 Å². The first-order valence-corrected chi connectivity index (χ1v) is 10.6. The molecule has 0 spiro atoms. The molecule has 1 aliphatic rings. The third-order valence-electron chi connectivity index (χ3n) is 4.24. The summed E-state index contributed by atoms with van der Waals surface area (Å²) in [6, 6.07) is 15.1. The van der Waals surface area contributed by atoms with Crippen molar-refractivity contribution in [2.24, 2.45) is 0 Å². The average molecular weight is 389 g/mol. The summed E-state index contributed by atoms with van der Waals surface area (Å²) in [6.45, 7) is 3.53. The van der Waals surface area contributed by atoms with Crippen LogP contribution in [0.1, 0.15) is 30.5 Å². The number of carbonyl (C=O) groups is 1. The van der Waals surface area contributed by atoms with Gasteiger partial charge in [-0.25, -0.2) is 4.21 Å². The van der Waals surface area contributed by atoms with E-state index < -0.39 is 16.7 Å². The molecule has 0 saturated heterocycles. The molecule has 1 unspecified atom stereocenters. The highest BCUT2D eigenvalue weighted by Gasteiger charge is 2.42. The lowest BCUT2D eigenvalue weighted by atomic mass is 9.92. The molecule has 3 rings (SSSR count). The summed E-state index contributed by atoms with van der Waals surface area (Å²) in [6.07, 6.45) is 2.01. The summed E-state index contributed by atoms with van der Waals surface area (Å²) in [5.41, 5.74) is 2.01. The van der Waals surface area contributed by atoms with Crippen molar-refractivity contribution in [3.05, 3.63) is 65.2 Å². The number of Topliss-reactive ketones (excluding diaryl/α,β-unsaturated/α-hetero) is 1. The second kappa shape index (κ2) is 7.39. The highest BCUT2D eigenvalue weighted by molar-refractivity contribution is 7.98. The molecule has 0 amide bonds. The largest absolute Gasteiger partial charge is 0.478 e. The maximum atomic E-state index is 12.9. The maximum absolute atomic E-state index is 12.9. The number of rotatable bonds is 5. The number of thioether (sulfide) groups is 1. The highest BCUT2D eigenvalue weighted by atomic mass is 32.2. The average Bonchev–Trinajstić information content (AvgIpc) is 2.85. The maximum Gasteiger partial charge on any atom is 0.210 e. The molecule has 26 heavy (non-hydrogen) atoms. The van der Waals surface area contributed by atoms with Crippen LogP contribution in [0.4, 0.5) is 0 Å². The van der Waals surface area contributed by atoms with E-state index in [1.54, 1.807) is 37.7 Å². The minimum Gasteiger partial charge on any atom is -0.478 e. The molecule has 0 fully saturated rings. The van der Waals surface area contributed by atoms with Crippen molar-refractivity contribution in [1.82, 2.24) is 0 Å². The first-order chi connectivity index (χ1) is 12.3. The summed E-state index contributed by atoms with van der Waals surface area (Å²) >= 11 is -0.236. The Labute approximate surface area is 159 Å². The van der Waals surface area contributed by atoms with Gasteiger partial charge in [-0.15, -0.1) is 11.8 Å². The third kappa shape index (κ3) is 3.77. The van der Waals surface area contributed by atoms with E-state index in [0.717, 1.165) is 21.6 Å². The van der Waals surface area contributed by atoms with E-state index in [4.69, 9.17) is 9.29 Å². The van der Waals surface area contributed by atoms with Crippen LogP contribution in [-0.4, -0.2) is 26.4 Å². The lowest BCUT2D eigenvalue weighted by Crippen LogP contribution is -2.29. The van der Waals surface area contributed by atoms with E-state index in [2.05, 4.69) is 0 Å². The van der Waals surface area contributed by atoms with Crippen LogP contribution >= 0.6 is 11.8 Å². The lowest BCUT2D eigenvalue weighted by Gasteiger charge is -2.18. The fraction of sp³-hybridized carbons (Fsp3) is 0.250. The first kappa shape index (κ1) is 18.9. The van der Waals surface area contributed by atoms with Gasteiger partial charge < -0.3 is 9.29 Å². The predicted molar refractivity (Wildman–Crippen MR) is 106 cm³/mol. The quantitative estimate of drug-likeness (QED) is 0.608. The van der Waals surface area contributed by atoms with Gasteiger partial charge in [-0.1, -0.05) is 36.4 Å². The van der Waals surface area contributed by atoms with E-state index in [1.807, 2.05) is 42.7 Å². The minimum atomic E-state index is -1.88. The van der Waals surface area contributed by atoms with Crippen LogP contribution in [0.15, 0.2) is 53.4 Å². The zero-order valence-electron chi connectivity index (χ0n) is 14.8. The molecule has 0 radical (unpaired) electrons. The Bertz CT molecular complexity index is 881. The summed E-state index contributed by atoms with van der Waals surface area (Å²) in [7, 11) is 0. The van der Waals surface area contributed by atoms with E-state index in [0.29, 0.717) is 11.3 Å². The Balaban J connectivity index is 2.05. The van der Waals surface area contributed by atoms with E-state index in [1.165, 1.54) is 0 Å². The Kier molecular flexibility index (Phi) is 5.37. The fourth-order valence-electron chi connectivity index (χ4n) is 2.87. The van der Waals surface area contributed by atoms with Crippen LogP contribution in [0, 0.1) is 0 Å². The third-order valence-corrected chi connectivity index (χ3v) is 5.57. The predicted octanol–water partition coefficient (Wildman–Crippen LogP) is 4.38. The Morgan fingerprint density at radius 3 is 2.15 bits per heavy atom. The summed E-state index contributed by atoms with van der Waals surface area (Å²) < 4.78 is 26.0. The molecule has 0 aromatic heterocycles. The van der Waals surface area contributed by atoms with Gasteiger partial charge in [0.1, 0.15) is 5.76 Å². The lowest BCUT2D eigenvalue weighted by molar-refractivity contribution is -0.125. The van der Waals surface area contributed by atoms with Crippen molar-refractivity contribution in [2.75, 3.05) is 6.26 Å². The molecule has 2 aromatic rings. The zero-order chi connectivity index (χ0) is 18.9. The molecular weight excluding hydrogens is 368 g/mol. The van der Waals surface area contributed by atoms with Crippen LogP contribution < -0.4 is 0 Å². The number of ketones is 1. The van der Waals surface area contributed by atoms with Gasteiger partial charge in [0.25, 0.3) is 0 Å². The molecule has 4 nitrogen and oxygen atoms in total. The highest BCUT2D eigenvalue weighted by Crippen LogP contribution is 2.41. The number of carbonyl (C=O) groups excluding carboxylic acids is 1. The Morgan fingerprint density at radius 2 is 1.62 bits per heavy atom. The molecule has 6 heteroatoms. The minimum absolute atomic E-state index is 0.0510. The van der Waals surface area contributed by atoms with E-state index in [-0.39, 0.29) is 11.5 Å². The molecular formula is C20H20O4S2. The summed E-state index contributed by atoms with van der Waals surface area (Å²) in [4.78, 5) is 14.0. The molecule has 0 saturated carbocycles. The molecule has 136 valence electrons. The number of ether oxygens (including phenoxy) is 1. The second-order valence-electron chi connectivity index (χ2n) is 6.54. The first-order valence-electron chi connectivity index (χ1n) is 8.11. The van der Waals surface area contributed by atoms with Crippen LogP contribution in [0.2, 0.25) is 0 Å². The molecule has 1 aliphatic heterocycles. The molecule has 0 aliphatic carbocycles. The zero-order valence-corrected chi connectivity index (χ0v) is 16.4. The normalized spacial score (nSPS) is 17.3. The van der Waals surface area contributed by atoms with Crippen molar-refractivity contribution < 1.29 is 18.3 Å². The van der Waals surface area contributed by atoms with Crippen LogP contribution in [-0.2, 0) is 26.4 Å². The SMILES string of the molecule is CSc1ccc(C2=C(c3ccc(CS(=O)O)cc3)OC(C)(C)C2=O)cc1. The van der Waals surface area contributed by atoms with Crippen LogP contribution in [0.3, 0.4) is 0 Å². The molecule has 1 N–H and O–H groups in total. The fourth-order valence-corrected chi connectivity index (χ4v) is 3.76. The molecule has 1 heterocycles. The van der Waals surface area contributed by atoms with E-state index in [9.17, 15) is 9.00 Å². The van der Waals surface area contributed by atoms with Crippen molar-refractivity contribution >= 4 is 40.0 Å². The Morgan fingerprint density at radius 1 is 1.04 bits per heavy atom. The van der Waals surface area contributed by atoms with E-state index >= 15 is 0 Å². The van der Waals surface area contributed by atoms with Gasteiger partial charge in [0.2, 0.25) is 5.78 Å². The monoisotopic (exact) mass is 388 g/mol. The van der Waals surface area contributed by atoms with Crippen molar-refractivity contribution in [3.8, 4) is 0 Å². The van der Waals surface area contributed by atoms with Gasteiger partial charge in [0, 0.05) is 10.5 Å². The summed E-state index contributed by atoms with van der Waals surface area (Å²) in [5, 5.41) is 0. The van der Waals surface area contributed by atoms with Gasteiger partial charge in [0.05, 0.1) is 11.3 Å². The topological polar surface area (TPSA) is 63.6 Å².